The maximum absolute atomic E-state index is 12.0. The number of hydrogen-bond donors (Lipinski definition) is 2. The highest BCUT2D eigenvalue weighted by Crippen LogP contribution is 2.26. The van der Waals surface area contributed by atoms with Gasteiger partial charge in [0.05, 0.1) is 18.5 Å². The third-order valence-corrected chi connectivity index (χ3v) is 3.87. The summed E-state index contributed by atoms with van der Waals surface area (Å²) in [4.78, 5) is 13.5. The quantitative estimate of drug-likeness (QED) is 0.706. The Hall–Kier alpha value is -0.260. The van der Waals surface area contributed by atoms with Crippen molar-refractivity contribution in [1.82, 2.24) is 4.90 Å². The van der Waals surface area contributed by atoms with E-state index in [0.717, 1.165) is 18.6 Å². The average Bonchev–Trinajstić information content (AvgIpc) is 2.29. The summed E-state index contributed by atoms with van der Waals surface area (Å²) in [7, 11) is 0. The van der Waals surface area contributed by atoms with Crippen LogP contribution in [-0.4, -0.2) is 58.3 Å². The fourth-order valence-electron chi connectivity index (χ4n) is 1.71. The Morgan fingerprint density at radius 2 is 1.93 bits per heavy atom. The molecular formula is C10H19NO3S. The number of amides is 1. The zero-order chi connectivity index (χ0) is 11.1. The average molecular weight is 233 g/mol. The van der Waals surface area contributed by atoms with Crippen molar-refractivity contribution in [2.45, 2.75) is 24.5 Å². The Kier molecular flexibility index (Phi) is 6.05. The number of carbonyl (C=O) groups is 1. The van der Waals surface area contributed by atoms with E-state index >= 15 is 0 Å². The van der Waals surface area contributed by atoms with Gasteiger partial charge in [-0.1, -0.05) is 6.42 Å². The zero-order valence-corrected chi connectivity index (χ0v) is 9.71. The molecule has 4 nitrogen and oxygen atoms in total. The Bertz CT molecular complexity index is 189. The van der Waals surface area contributed by atoms with Crippen molar-refractivity contribution in [2.75, 3.05) is 32.1 Å². The van der Waals surface area contributed by atoms with Crippen molar-refractivity contribution < 1.29 is 15.0 Å². The third kappa shape index (κ3) is 4.01. The van der Waals surface area contributed by atoms with Gasteiger partial charge in [-0.2, -0.15) is 0 Å². The molecular weight excluding hydrogens is 214 g/mol. The molecule has 1 heterocycles. The summed E-state index contributed by atoms with van der Waals surface area (Å²) in [5.41, 5.74) is 0. The molecule has 0 saturated carbocycles. The van der Waals surface area contributed by atoms with Crippen LogP contribution in [0.2, 0.25) is 0 Å². The van der Waals surface area contributed by atoms with E-state index in [4.69, 9.17) is 10.2 Å². The molecule has 0 aliphatic carbocycles. The molecule has 1 atom stereocenters. The Labute approximate surface area is 94.7 Å². The minimum atomic E-state index is -0.0386. The molecule has 0 aromatic carbocycles. The molecule has 1 fully saturated rings. The highest BCUT2D eigenvalue weighted by atomic mass is 32.2. The lowest BCUT2D eigenvalue weighted by atomic mass is 10.1. The first-order valence-electron chi connectivity index (χ1n) is 5.41. The fourth-order valence-corrected chi connectivity index (χ4v) is 2.99. The number of rotatable bonds is 5. The van der Waals surface area contributed by atoms with E-state index in [1.165, 1.54) is 6.42 Å². The highest BCUT2D eigenvalue weighted by Gasteiger charge is 2.25. The van der Waals surface area contributed by atoms with E-state index in [9.17, 15) is 4.79 Å². The van der Waals surface area contributed by atoms with E-state index in [0.29, 0.717) is 13.1 Å². The Morgan fingerprint density at radius 3 is 2.40 bits per heavy atom. The standard InChI is InChI=1S/C10H19NO3S/c12-6-4-11(5-7-13)10(14)9-3-1-2-8-15-9/h9,12-13H,1-8H2. The van der Waals surface area contributed by atoms with Crippen LogP contribution in [-0.2, 0) is 4.79 Å². The van der Waals surface area contributed by atoms with Crippen molar-refractivity contribution in [3.05, 3.63) is 0 Å². The molecule has 1 aliphatic rings. The fraction of sp³-hybridized carbons (Fsp3) is 0.900. The second kappa shape index (κ2) is 7.09. The molecule has 1 aliphatic heterocycles. The molecule has 1 saturated heterocycles. The Morgan fingerprint density at radius 1 is 1.27 bits per heavy atom. The van der Waals surface area contributed by atoms with Gasteiger partial charge in [-0.25, -0.2) is 0 Å². The monoisotopic (exact) mass is 233 g/mol. The molecule has 0 radical (unpaired) electrons. The summed E-state index contributed by atoms with van der Waals surface area (Å²) >= 11 is 1.70. The number of aliphatic hydroxyl groups is 2. The van der Waals surface area contributed by atoms with E-state index in [1.54, 1.807) is 16.7 Å². The van der Waals surface area contributed by atoms with Crippen molar-refractivity contribution in [3.63, 3.8) is 0 Å². The van der Waals surface area contributed by atoms with Gasteiger partial charge in [0.15, 0.2) is 0 Å². The van der Waals surface area contributed by atoms with Crippen LogP contribution in [0.5, 0.6) is 0 Å². The lowest BCUT2D eigenvalue weighted by Crippen LogP contribution is -2.41. The Balaban J connectivity index is 2.45. The van der Waals surface area contributed by atoms with Crippen LogP contribution in [0.1, 0.15) is 19.3 Å². The number of nitrogens with zero attached hydrogens (tertiary/aromatic N) is 1. The first-order valence-corrected chi connectivity index (χ1v) is 6.46. The maximum Gasteiger partial charge on any atom is 0.235 e. The normalized spacial score (nSPS) is 21.3. The van der Waals surface area contributed by atoms with Crippen LogP contribution in [0.25, 0.3) is 0 Å². The van der Waals surface area contributed by atoms with Gasteiger partial charge in [-0.3, -0.25) is 4.79 Å². The van der Waals surface area contributed by atoms with Crippen LogP contribution in [0.4, 0.5) is 0 Å². The van der Waals surface area contributed by atoms with Crippen molar-refractivity contribution in [2.24, 2.45) is 0 Å². The second-order valence-corrected chi connectivity index (χ2v) is 4.94. The molecule has 0 aromatic heterocycles. The predicted molar refractivity (Wildman–Crippen MR) is 60.8 cm³/mol. The third-order valence-electron chi connectivity index (χ3n) is 2.51. The van der Waals surface area contributed by atoms with E-state index in [2.05, 4.69) is 0 Å². The van der Waals surface area contributed by atoms with Crippen LogP contribution in [0.3, 0.4) is 0 Å². The summed E-state index contributed by atoms with van der Waals surface area (Å²) in [6.07, 6.45) is 3.22. The lowest BCUT2D eigenvalue weighted by Gasteiger charge is -2.28. The number of thioether (sulfide) groups is 1. The number of carbonyl (C=O) groups excluding carboxylic acids is 1. The topological polar surface area (TPSA) is 60.8 Å². The molecule has 1 amide bonds. The van der Waals surface area contributed by atoms with Gasteiger partial charge in [-0.05, 0) is 18.6 Å². The summed E-state index contributed by atoms with van der Waals surface area (Å²) in [6.45, 7) is 0.582. The van der Waals surface area contributed by atoms with Crippen molar-refractivity contribution in [1.29, 1.82) is 0 Å². The number of hydrogen-bond acceptors (Lipinski definition) is 4. The van der Waals surface area contributed by atoms with Gasteiger partial charge < -0.3 is 15.1 Å². The molecule has 0 bridgehead atoms. The summed E-state index contributed by atoms with van der Waals surface area (Å²) < 4.78 is 0. The van der Waals surface area contributed by atoms with Crippen LogP contribution in [0.15, 0.2) is 0 Å². The highest BCUT2D eigenvalue weighted by molar-refractivity contribution is 8.00. The summed E-state index contributed by atoms with van der Waals surface area (Å²) in [6, 6.07) is 0. The summed E-state index contributed by atoms with van der Waals surface area (Å²) in [5, 5.41) is 17.7. The molecule has 1 unspecified atom stereocenters. The maximum atomic E-state index is 12.0. The first-order chi connectivity index (χ1) is 7.29. The van der Waals surface area contributed by atoms with Gasteiger partial charge in [0.2, 0.25) is 5.91 Å². The predicted octanol–water partition coefficient (Wildman–Crippen LogP) is 0.0853. The number of aliphatic hydroxyl groups excluding tert-OH is 2. The van der Waals surface area contributed by atoms with Crippen molar-refractivity contribution >= 4 is 17.7 Å². The molecule has 0 aromatic rings. The minimum Gasteiger partial charge on any atom is -0.395 e. The van der Waals surface area contributed by atoms with E-state index in [1.807, 2.05) is 0 Å². The molecule has 0 spiro atoms. The molecule has 15 heavy (non-hydrogen) atoms. The SMILES string of the molecule is O=C(C1CCCCS1)N(CCO)CCO. The van der Waals surface area contributed by atoms with Gasteiger partial charge in [0.1, 0.15) is 0 Å². The van der Waals surface area contributed by atoms with Crippen molar-refractivity contribution in [3.8, 4) is 0 Å². The molecule has 2 N–H and O–H groups in total. The van der Waals surface area contributed by atoms with Gasteiger partial charge in [0, 0.05) is 13.1 Å². The lowest BCUT2D eigenvalue weighted by molar-refractivity contribution is -0.131. The van der Waals surface area contributed by atoms with Crippen LogP contribution < -0.4 is 0 Å². The van der Waals surface area contributed by atoms with E-state index < -0.39 is 0 Å². The van der Waals surface area contributed by atoms with Gasteiger partial charge in [-0.15, -0.1) is 11.8 Å². The molecule has 1 rings (SSSR count). The zero-order valence-electron chi connectivity index (χ0n) is 8.89. The van der Waals surface area contributed by atoms with E-state index in [-0.39, 0.29) is 24.4 Å². The minimum absolute atomic E-state index is 0.0386. The summed E-state index contributed by atoms with van der Waals surface area (Å²) in [5.74, 6) is 1.12. The molecule has 5 heteroatoms. The second-order valence-electron chi connectivity index (χ2n) is 3.63. The smallest absolute Gasteiger partial charge is 0.235 e. The van der Waals surface area contributed by atoms with Crippen LogP contribution in [0, 0.1) is 0 Å². The van der Waals surface area contributed by atoms with Crippen LogP contribution >= 0.6 is 11.8 Å². The van der Waals surface area contributed by atoms with Gasteiger partial charge in [0.25, 0.3) is 0 Å². The first kappa shape index (κ1) is 12.8. The van der Waals surface area contributed by atoms with Gasteiger partial charge >= 0.3 is 0 Å². The largest absolute Gasteiger partial charge is 0.395 e. The molecule has 88 valence electrons.